The molecule has 2 nitrogen and oxygen atoms in total. The van der Waals surface area contributed by atoms with Gasteiger partial charge in [0.1, 0.15) is 11.6 Å². The molecule has 0 radical (unpaired) electrons. The van der Waals surface area contributed by atoms with Crippen LogP contribution < -0.4 is 5.32 Å². The van der Waals surface area contributed by atoms with Gasteiger partial charge >= 0.3 is 0 Å². The highest BCUT2D eigenvalue weighted by atomic mass is 19.1. The molecule has 0 aliphatic heterocycles. The van der Waals surface area contributed by atoms with Crippen LogP contribution in [0, 0.1) is 5.82 Å². The molecule has 0 aliphatic rings. The third-order valence-electron chi connectivity index (χ3n) is 2.61. The summed E-state index contributed by atoms with van der Waals surface area (Å²) < 4.78 is 18.6. The van der Waals surface area contributed by atoms with Crippen LogP contribution >= 0.6 is 0 Å². The van der Waals surface area contributed by atoms with Gasteiger partial charge in [-0.1, -0.05) is 19.6 Å². The molecule has 1 unspecified atom stereocenters. The average molecular weight is 237 g/mol. The Kier molecular flexibility index (Phi) is 5.16. The van der Waals surface area contributed by atoms with Crippen molar-refractivity contribution in [1.82, 2.24) is 5.32 Å². The van der Waals surface area contributed by atoms with E-state index in [9.17, 15) is 4.39 Å². The highest BCUT2D eigenvalue weighted by Gasteiger charge is 2.13. The zero-order chi connectivity index (χ0) is 12.8. The van der Waals surface area contributed by atoms with Crippen molar-refractivity contribution < 1.29 is 9.13 Å². The van der Waals surface area contributed by atoms with E-state index in [-0.39, 0.29) is 11.9 Å². The lowest BCUT2D eigenvalue weighted by Crippen LogP contribution is -2.19. The quantitative estimate of drug-likeness (QED) is 0.764. The summed E-state index contributed by atoms with van der Waals surface area (Å²) in [5.74, 6) is 0.250. The van der Waals surface area contributed by atoms with E-state index in [1.165, 1.54) is 12.1 Å². The van der Waals surface area contributed by atoms with Gasteiger partial charge in [0.05, 0.1) is 6.61 Å². The van der Waals surface area contributed by atoms with E-state index in [0.717, 1.165) is 17.7 Å². The normalized spacial score (nSPS) is 12.2. The highest BCUT2D eigenvalue weighted by molar-refractivity contribution is 5.61. The summed E-state index contributed by atoms with van der Waals surface area (Å²) in [5, 5.41) is 3.30. The van der Waals surface area contributed by atoms with Crippen molar-refractivity contribution >= 4 is 5.76 Å². The van der Waals surface area contributed by atoms with Crippen LogP contribution in [-0.2, 0) is 4.74 Å². The second-order valence-electron chi connectivity index (χ2n) is 3.87. The number of rotatable bonds is 6. The van der Waals surface area contributed by atoms with E-state index >= 15 is 0 Å². The molecule has 0 aliphatic carbocycles. The van der Waals surface area contributed by atoms with Gasteiger partial charge in [-0.05, 0) is 38.1 Å². The lowest BCUT2D eigenvalue weighted by Gasteiger charge is -2.18. The van der Waals surface area contributed by atoms with Crippen molar-refractivity contribution in [3.8, 4) is 0 Å². The summed E-state index contributed by atoms with van der Waals surface area (Å²) in [6, 6.07) is 4.86. The molecule has 0 spiro atoms. The van der Waals surface area contributed by atoms with Gasteiger partial charge in [-0.3, -0.25) is 0 Å². The smallest absolute Gasteiger partial charge is 0.123 e. The first-order chi connectivity index (χ1) is 8.10. The largest absolute Gasteiger partial charge is 0.494 e. The third kappa shape index (κ3) is 3.56. The van der Waals surface area contributed by atoms with Crippen molar-refractivity contribution in [2.75, 3.05) is 13.2 Å². The molecule has 3 heteroatoms. The molecule has 0 aromatic heterocycles. The minimum Gasteiger partial charge on any atom is -0.494 e. The molecule has 1 rings (SSSR count). The second kappa shape index (κ2) is 6.40. The fourth-order valence-electron chi connectivity index (χ4n) is 1.82. The molecule has 0 saturated carbocycles. The van der Waals surface area contributed by atoms with Crippen molar-refractivity contribution in [2.24, 2.45) is 0 Å². The monoisotopic (exact) mass is 237 g/mol. The maximum absolute atomic E-state index is 13.3. The van der Waals surface area contributed by atoms with Crippen LogP contribution in [0.2, 0.25) is 0 Å². The maximum Gasteiger partial charge on any atom is 0.123 e. The van der Waals surface area contributed by atoms with E-state index in [0.29, 0.717) is 12.4 Å². The molecule has 17 heavy (non-hydrogen) atoms. The number of hydrogen-bond acceptors (Lipinski definition) is 2. The van der Waals surface area contributed by atoms with E-state index in [4.69, 9.17) is 4.74 Å². The van der Waals surface area contributed by atoms with Crippen molar-refractivity contribution in [3.63, 3.8) is 0 Å². The van der Waals surface area contributed by atoms with Gasteiger partial charge in [0, 0.05) is 11.6 Å². The van der Waals surface area contributed by atoms with Gasteiger partial charge in [0.25, 0.3) is 0 Å². The fourth-order valence-corrected chi connectivity index (χ4v) is 1.82. The van der Waals surface area contributed by atoms with Crippen LogP contribution in [0.25, 0.3) is 5.76 Å². The summed E-state index contributed by atoms with van der Waals surface area (Å²) in [4.78, 5) is 0. The number of ether oxygens (including phenoxy) is 1. The Labute approximate surface area is 102 Å². The van der Waals surface area contributed by atoms with Crippen molar-refractivity contribution in [1.29, 1.82) is 0 Å². The Hall–Kier alpha value is -1.35. The Morgan fingerprint density at radius 3 is 2.76 bits per heavy atom. The predicted octanol–water partition coefficient (Wildman–Crippen LogP) is 3.50. The maximum atomic E-state index is 13.3. The van der Waals surface area contributed by atoms with Gasteiger partial charge in [0.15, 0.2) is 0 Å². The Morgan fingerprint density at radius 1 is 1.47 bits per heavy atom. The summed E-state index contributed by atoms with van der Waals surface area (Å²) >= 11 is 0. The highest BCUT2D eigenvalue weighted by Crippen LogP contribution is 2.25. The summed E-state index contributed by atoms with van der Waals surface area (Å²) in [7, 11) is 0. The third-order valence-corrected chi connectivity index (χ3v) is 2.61. The molecule has 1 aromatic carbocycles. The SMILES string of the molecule is C=C(OCC)c1cc(F)ccc1C(C)NCC. The van der Waals surface area contributed by atoms with E-state index in [1.54, 1.807) is 6.07 Å². The second-order valence-corrected chi connectivity index (χ2v) is 3.87. The molecule has 0 heterocycles. The molecule has 0 bridgehead atoms. The fraction of sp³-hybridized carbons (Fsp3) is 0.429. The van der Waals surface area contributed by atoms with Crippen LogP contribution in [0.15, 0.2) is 24.8 Å². The Balaban J connectivity index is 3.07. The van der Waals surface area contributed by atoms with Crippen molar-refractivity contribution in [2.45, 2.75) is 26.8 Å². The summed E-state index contributed by atoms with van der Waals surface area (Å²) in [6.07, 6.45) is 0. The van der Waals surface area contributed by atoms with Crippen LogP contribution in [0.5, 0.6) is 0 Å². The van der Waals surface area contributed by atoms with E-state index in [1.807, 2.05) is 20.8 Å². The summed E-state index contributed by atoms with van der Waals surface area (Å²) in [6.45, 7) is 11.2. The van der Waals surface area contributed by atoms with Crippen molar-refractivity contribution in [3.05, 3.63) is 41.7 Å². The van der Waals surface area contributed by atoms with Gasteiger partial charge in [-0.15, -0.1) is 0 Å². The number of halogens is 1. The molecule has 0 saturated heterocycles. The van der Waals surface area contributed by atoms with Gasteiger partial charge < -0.3 is 10.1 Å². The lowest BCUT2D eigenvalue weighted by molar-refractivity contribution is 0.298. The molecule has 0 fully saturated rings. The molecule has 1 N–H and O–H groups in total. The topological polar surface area (TPSA) is 21.3 Å². The zero-order valence-electron chi connectivity index (χ0n) is 10.7. The molecule has 94 valence electrons. The minimum atomic E-state index is -0.270. The first-order valence-electron chi connectivity index (χ1n) is 5.95. The molecule has 1 atom stereocenters. The molecular formula is C14H20FNO. The van der Waals surface area contributed by atoms with Crippen LogP contribution in [0.4, 0.5) is 4.39 Å². The standard InChI is InChI=1S/C14H20FNO/c1-5-16-10(3)13-8-7-12(15)9-14(13)11(4)17-6-2/h7-10,16H,4-6H2,1-3H3. The van der Waals surface area contributed by atoms with Crippen LogP contribution in [0.3, 0.4) is 0 Å². The Bertz CT molecular complexity index is 390. The number of benzene rings is 1. The van der Waals surface area contributed by atoms with Gasteiger partial charge in [-0.2, -0.15) is 0 Å². The van der Waals surface area contributed by atoms with Gasteiger partial charge in [-0.25, -0.2) is 4.39 Å². The lowest BCUT2D eigenvalue weighted by atomic mass is 10.00. The summed E-state index contributed by atoms with van der Waals surface area (Å²) in [5.41, 5.74) is 1.74. The number of hydrogen-bond donors (Lipinski definition) is 1. The van der Waals surface area contributed by atoms with E-state index in [2.05, 4.69) is 11.9 Å². The van der Waals surface area contributed by atoms with E-state index < -0.39 is 0 Å². The molecule has 0 amide bonds. The zero-order valence-corrected chi connectivity index (χ0v) is 10.7. The first-order valence-corrected chi connectivity index (χ1v) is 5.95. The minimum absolute atomic E-state index is 0.146. The first kappa shape index (κ1) is 13.7. The average Bonchev–Trinajstić information content (AvgIpc) is 2.29. The molecular weight excluding hydrogens is 217 g/mol. The Morgan fingerprint density at radius 2 is 2.18 bits per heavy atom. The predicted molar refractivity (Wildman–Crippen MR) is 69.2 cm³/mol. The molecule has 1 aromatic rings. The van der Waals surface area contributed by atoms with Gasteiger partial charge in [0.2, 0.25) is 0 Å². The number of nitrogens with one attached hydrogen (secondary N) is 1. The van der Waals surface area contributed by atoms with Crippen LogP contribution in [0.1, 0.15) is 37.9 Å². The van der Waals surface area contributed by atoms with Crippen LogP contribution in [-0.4, -0.2) is 13.2 Å².